The van der Waals surface area contributed by atoms with Crippen LogP contribution in [-0.4, -0.2) is 39.1 Å². The number of rotatable bonds is 6. The number of hydrogen-bond donors (Lipinski definition) is 1. The molecule has 0 aliphatic carbocycles. The Kier molecular flexibility index (Phi) is 4.81. The summed E-state index contributed by atoms with van der Waals surface area (Å²) in [6.45, 7) is 4.45. The first kappa shape index (κ1) is 16.1. The minimum atomic E-state index is -0.879. The number of hydrogen-bond acceptors (Lipinski definition) is 4. The van der Waals surface area contributed by atoms with Crippen LogP contribution in [0.5, 0.6) is 0 Å². The monoisotopic (exact) mass is 328 g/mol. The number of thioether (sulfide) groups is 1. The summed E-state index contributed by atoms with van der Waals surface area (Å²) in [5, 5.41) is 10.1. The Bertz CT molecular complexity index is 670. The SMILES string of the molecule is COC(C)(C)Cn1c(SCC(=O)O)nc2cccc(Cl)c21. The predicted molar refractivity (Wildman–Crippen MR) is 84.2 cm³/mol. The molecule has 21 heavy (non-hydrogen) atoms. The summed E-state index contributed by atoms with van der Waals surface area (Å²) in [4.78, 5) is 15.3. The Morgan fingerprint density at radius 2 is 2.24 bits per heavy atom. The van der Waals surface area contributed by atoms with E-state index in [1.54, 1.807) is 13.2 Å². The summed E-state index contributed by atoms with van der Waals surface area (Å²) in [6.07, 6.45) is 0. The number of nitrogens with zero attached hydrogens (tertiary/aromatic N) is 2. The third-order valence-corrected chi connectivity index (χ3v) is 4.36. The van der Waals surface area contributed by atoms with Crippen LogP contribution >= 0.6 is 23.4 Å². The number of para-hydroxylation sites is 1. The number of aromatic nitrogens is 2. The van der Waals surface area contributed by atoms with E-state index in [-0.39, 0.29) is 5.75 Å². The minimum Gasteiger partial charge on any atom is -0.481 e. The van der Waals surface area contributed by atoms with Crippen molar-refractivity contribution in [2.75, 3.05) is 12.9 Å². The fourth-order valence-electron chi connectivity index (χ4n) is 1.95. The molecular formula is C14H17ClN2O3S. The van der Waals surface area contributed by atoms with Gasteiger partial charge in [-0.25, -0.2) is 4.98 Å². The van der Waals surface area contributed by atoms with Gasteiger partial charge in [0.25, 0.3) is 0 Å². The zero-order valence-corrected chi connectivity index (χ0v) is 13.7. The molecule has 0 atom stereocenters. The fourth-order valence-corrected chi connectivity index (χ4v) is 2.95. The fraction of sp³-hybridized carbons (Fsp3) is 0.429. The summed E-state index contributed by atoms with van der Waals surface area (Å²) in [5.41, 5.74) is 1.14. The molecule has 0 aliphatic rings. The minimum absolute atomic E-state index is 0.0473. The van der Waals surface area contributed by atoms with Crippen molar-refractivity contribution >= 4 is 40.4 Å². The standard InChI is InChI=1S/C14H17ClN2O3S/c1-14(2,20-3)8-17-12-9(15)5-4-6-10(12)16-13(17)21-7-11(18)19/h4-6H,7-8H2,1-3H3,(H,18,19). The number of carboxylic acid groups (broad SMARTS) is 1. The van der Waals surface area contributed by atoms with Crippen LogP contribution < -0.4 is 0 Å². The first-order chi connectivity index (χ1) is 9.84. The van der Waals surface area contributed by atoms with Crippen molar-refractivity contribution in [2.24, 2.45) is 0 Å². The lowest BCUT2D eigenvalue weighted by atomic mass is 10.1. The van der Waals surface area contributed by atoms with E-state index < -0.39 is 11.6 Å². The van der Waals surface area contributed by atoms with Gasteiger partial charge in [-0.05, 0) is 26.0 Å². The van der Waals surface area contributed by atoms with Gasteiger partial charge in [-0.1, -0.05) is 29.4 Å². The maximum absolute atomic E-state index is 10.8. The van der Waals surface area contributed by atoms with E-state index in [0.29, 0.717) is 16.7 Å². The molecule has 5 nitrogen and oxygen atoms in total. The number of methoxy groups -OCH3 is 1. The summed E-state index contributed by atoms with van der Waals surface area (Å²) >= 11 is 7.46. The lowest BCUT2D eigenvalue weighted by molar-refractivity contribution is -0.133. The van der Waals surface area contributed by atoms with Crippen molar-refractivity contribution in [1.82, 2.24) is 9.55 Å². The molecule has 0 bridgehead atoms. The highest BCUT2D eigenvalue weighted by molar-refractivity contribution is 7.99. The normalized spacial score (nSPS) is 12.0. The van der Waals surface area contributed by atoms with E-state index >= 15 is 0 Å². The van der Waals surface area contributed by atoms with Crippen LogP contribution in [0, 0.1) is 0 Å². The Labute approximate surface area is 132 Å². The Morgan fingerprint density at radius 1 is 1.52 bits per heavy atom. The molecule has 0 aliphatic heterocycles. The van der Waals surface area contributed by atoms with Gasteiger partial charge in [-0.15, -0.1) is 0 Å². The molecule has 0 fully saturated rings. The quantitative estimate of drug-likeness (QED) is 0.824. The molecule has 1 heterocycles. The van der Waals surface area contributed by atoms with E-state index in [0.717, 1.165) is 11.0 Å². The topological polar surface area (TPSA) is 64.3 Å². The third kappa shape index (κ3) is 3.70. The van der Waals surface area contributed by atoms with Gasteiger partial charge >= 0.3 is 5.97 Å². The molecule has 1 aromatic heterocycles. The van der Waals surface area contributed by atoms with Crippen molar-refractivity contribution in [3.63, 3.8) is 0 Å². The number of carboxylic acids is 1. The van der Waals surface area contributed by atoms with E-state index in [1.165, 1.54) is 11.8 Å². The number of carbonyl (C=O) groups is 1. The van der Waals surface area contributed by atoms with Gasteiger partial charge < -0.3 is 14.4 Å². The smallest absolute Gasteiger partial charge is 0.313 e. The van der Waals surface area contributed by atoms with Gasteiger partial charge in [0.1, 0.15) is 0 Å². The molecule has 0 amide bonds. The molecule has 1 aromatic carbocycles. The first-order valence-corrected chi connectivity index (χ1v) is 7.75. The molecular weight excluding hydrogens is 312 g/mol. The largest absolute Gasteiger partial charge is 0.481 e. The highest BCUT2D eigenvalue weighted by atomic mass is 35.5. The molecule has 2 rings (SSSR count). The Balaban J connectivity index is 2.51. The number of ether oxygens (including phenoxy) is 1. The zero-order chi connectivity index (χ0) is 15.6. The summed E-state index contributed by atoms with van der Waals surface area (Å²) in [7, 11) is 1.64. The highest BCUT2D eigenvalue weighted by Gasteiger charge is 2.23. The number of imidazole rings is 1. The summed E-state index contributed by atoms with van der Waals surface area (Å²) in [5.74, 6) is -0.926. The van der Waals surface area contributed by atoms with Crippen molar-refractivity contribution in [1.29, 1.82) is 0 Å². The lowest BCUT2D eigenvalue weighted by Gasteiger charge is -2.24. The van der Waals surface area contributed by atoms with Crippen molar-refractivity contribution < 1.29 is 14.6 Å². The third-order valence-electron chi connectivity index (χ3n) is 3.10. The van der Waals surface area contributed by atoms with E-state index in [2.05, 4.69) is 4.98 Å². The van der Waals surface area contributed by atoms with E-state index in [1.807, 2.05) is 30.5 Å². The van der Waals surface area contributed by atoms with Gasteiger partial charge in [0.2, 0.25) is 0 Å². The number of aliphatic carboxylic acids is 1. The first-order valence-electron chi connectivity index (χ1n) is 6.38. The van der Waals surface area contributed by atoms with E-state index in [9.17, 15) is 4.79 Å². The van der Waals surface area contributed by atoms with Gasteiger partial charge in [0, 0.05) is 7.11 Å². The molecule has 0 saturated heterocycles. The highest BCUT2D eigenvalue weighted by Crippen LogP contribution is 2.31. The molecule has 0 radical (unpaired) electrons. The second-order valence-electron chi connectivity index (χ2n) is 5.23. The van der Waals surface area contributed by atoms with Crippen LogP contribution in [-0.2, 0) is 16.1 Å². The van der Waals surface area contributed by atoms with Crippen molar-refractivity contribution in [3.8, 4) is 0 Å². The van der Waals surface area contributed by atoms with E-state index in [4.69, 9.17) is 21.4 Å². The van der Waals surface area contributed by atoms with Gasteiger partial charge in [0.15, 0.2) is 5.16 Å². The maximum atomic E-state index is 10.8. The predicted octanol–water partition coefficient (Wildman–Crippen LogP) is 3.29. The molecule has 114 valence electrons. The molecule has 1 N–H and O–H groups in total. The van der Waals surface area contributed by atoms with Gasteiger partial charge in [-0.2, -0.15) is 0 Å². The molecule has 0 spiro atoms. The lowest BCUT2D eigenvalue weighted by Crippen LogP contribution is -2.29. The molecule has 2 aromatic rings. The second kappa shape index (κ2) is 6.25. The molecule has 7 heteroatoms. The average Bonchev–Trinajstić information content (AvgIpc) is 2.75. The molecule has 0 saturated carbocycles. The van der Waals surface area contributed by atoms with Crippen molar-refractivity contribution in [3.05, 3.63) is 23.2 Å². The molecule has 0 unspecified atom stereocenters. The van der Waals surface area contributed by atoms with Crippen LogP contribution in [0.25, 0.3) is 11.0 Å². The number of fused-ring (bicyclic) bond motifs is 1. The van der Waals surface area contributed by atoms with Gasteiger partial charge in [-0.3, -0.25) is 4.79 Å². The number of halogens is 1. The van der Waals surface area contributed by atoms with Crippen LogP contribution in [0.15, 0.2) is 23.4 Å². The van der Waals surface area contributed by atoms with Crippen LogP contribution in [0.1, 0.15) is 13.8 Å². The van der Waals surface area contributed by atoms with Crippen LogP contribution in [0.4, 0.5) is 0 Å². The summed E-state index contributed by atoms with van der Waals surface area (Å²) in [6, 6.07) is 5.49. The van der Waals surface area contributed by atoms with Crippen molar-refractivity contribution in [2.45, 2.75) is 31.1 Å². The Hall–Kier alpha value is -1.24. The van der Waals surface area contributed by atoms with Crippen LogP contribution in [0.2, 0.25) is 5.02 Å². The maximum Gasteiger partial charge on any atom is 0.313 e. The van der Waals surface area contributed by atoms with Crippen LogP contribution in [0.3, 0.4) is 0 Å². The average molecular weight is 329 g/mol. The second-order valence-corrected chi connectivity index (χ2v) is 6.58. The van der Waals surface area contributed by atoms with Gasteiger partial charge in [0.05, 0.1) is 34.0 Å². The number of benzene rings is 1. The Morgan fingerprint density at radius 3 is 2.86 bits per heavy atom. The zero-order valence-electron chi connectivity index (χ0n) is 12.1. The summed E-state index contributed by atoms with van der Waals surface area (Å²) < 4.78 is 7.39.